The van der Waals surface area contributed by atoms with Crippen molar-refractivity contribution in [2.45, 2.75) is 10.3 Å². The fourth-order valence-electron chi connectivity index (χ4n) is 7.77. The molecule has 9 rings (SSSR count). The summed E-state index contributed by atoms with van der Waals surface area (Å²) in [5.74, 6) is 0. The zero-order valence-corrected chi connectivity index (χ0v) is 27.0. The molecule has 7 aromatic rings. The Morgan fingerprint density at radius 1 is 0.438 bits per heavy atom. The molecule has 1 atom stereocenters. The molecule has 0 spiro atoms. The zero-order chi connectivity index (χ0) is 32.1. The lowest BCUT2D eigenvalue weighted by Gasteiger charge is -2.34. The minimum atomic E-state index is -3.12. The van der Waals surface area contributed by atoms with Crippen molar-refractivity contribution in [1.29, 1.82) is 0 Å². The highest BCUT2D eigenvalue weighted by Crippen LogP contribution is 2.57. The molecule has 0 bridgehead atoms. The van der Waals surface area contributed by atoms with E-state index in [2.05, 4.69) is 121 Å². The van der Waals surface area contributed by atoms with E-state index in [1.54, 1.807) is 0 Å². The lowest BCUT2D eigenvalue weighted by atomic mass is 9.67. The predicted molar refractivity (Wildman–Crippen MR) is 197 cm³/mol. The average molecular weight is 634 g/mol. The zero-order valence-electron chi connectivity index (χ0n) is 26.2. The molecule has 3 heteroatoms. The van der Waals surface area contributed by atoms with Crippen LogP contribution >= 0.6 is 0 Å². The Bertz CT molecular complexity index is 2440. The van der Waals surface area contributed by atoms with Gasteiger partial charge in [0, 0.05) is 11.1 Å². The summed E-state index contributed by atoms with van der Waals surface area (Å²) in [5, 5.41) is 0. The Morgan fingerprint density at radius 2 is 0.958 bits per heavy atom. The van der Waals surface area contributed by atoms with Crippen molar-refractivity contribution in [3.8, 4) is 11.1 Å². The Balaban J connectivity index is 1.43. The summed E-state index contributed by atoms with van der Waals surface area (Å²) in [6.45, 7) is 0. The van der Waals surface area contributed by atoms with Gasteiger partial charge in [0.15, 0.2) is 0 Å². The standard InChI is InChI=1S/C45H31NOS/c47-48(36-23-11-4-12-24-36)44(43(32-17-5-1-6-18-32)39-26-14-16-28-42(39)46-48)33-29-30-38-37-25-13-15-27-40(37)45(41(38)31-33,34-19-7-2-8-20-34)35-21-9-3-10-22-35/h1-31H. The molecular formula is C45H31NOS. The molecule has 2 aliphatic rings. The molecule has 0 saturated heterocycles. The fraction of sp³-hybridized carbons (Fsp3) is 0.0222. The largest absolute Gasteiger partial charge is 0.239 e. The van der Waals surface area contributed by atoms with Crippen LogP contribution in [0.4, 0.5) is 5.69 Å². The van der Waals surface area contributed by atoms with Gasteiger partial charge in [-0.15, -0.1) is 0 Å². The van der Waals surface area contributed by atoms with Gasteiger partial charge in [0.05, 0.1) is 20.9 Å². The summed E-state index contributed by atoms with van der Waals surface area (Å²) in [6.07, 6.45) is 0. The molecule has 7 aromatic carbocycles. The number of rotatable bonds is 5. The minimum absolute atomic E-state index is 0.574. The van der Waals surface area contributed by atoms with E-state index in [9.17, 15) is 0 Å². The molecule has 0 radical (unpaired) electrons. The SMILES string of the molecule is O=S1(c2ccccc2)=Nc2ccccc2C(c2ccccc2)=C1c1ccc2c(c1)C(c1ccccc1)(c1ccccc1)c1ccccc1-2. The lowest BCUT2D eigenvalue weighted by Crippen LogP contribution is -2.28. The molecule has 228 valence electrons. The first-order chi connectivity index (χ1) is 23.7. The van der Waals surface area contributed by atoms with Crippen molar-refractivity contribution in [1.82, 2.24) is 0 Å². The minimum Gasteiger partial charge on any atom is -0.239 e. The van der Waals surface area contributed by atoms with Crippen molar-refractivity contribution in [2.24, 2.45) is 4.36 Å². The van der Waals surface area contributed by atoms with E-state index >= 15 is 4.21 Å². The van der Waals surface area contributed by atoms with Crippen molar-refractivity contribution in [2.75, 3.05) is 0 Å². The summed E-state index contributed by atoms with van der Waals surface area (Å²) in [6, 6.07) is 65.3. The van der Waals surface area contributed by atoms with Gasteiger partial charge in [-0.3, -0.25) is 0 Å². The van der Waals surface area contributed by atoms with Crippen LogP contribution in [-0.4, -0.2) is 4.21 Å². The number of hydrogen-bond acceptors (Lipinski definition) is 2. The summed E-state index contributed by atoms with van der Waals surface area (Å²) >= 11 is 0. The Hall–Kier alpha value is -5.77. The van der Waals surface area contributed by atoms with Crippen LogP contribution in [0.15, 0.2) is 197 Å². The maximum Gasteiger partial charge on any atom is 0.110 e. The average Bonchev–Trinajstić information content (AvgIpc) is 3.46. The van der Waals surface area contributed by atoms with E-state index < -0.39 is 15.1 Å². The van der Waals surface area contributed by atoms with Crippen molar-refractivity contribution < 1.29 is 4.21 Å². The highest BCUT2D eigenvalue weighted by atomic mass is 32.2. The van der Waals surface area contributed by atoms with Crippen molar-refractivity contribution in [3.05, 3.63) is 227 Å². The van der Waals surface area contributed by atoms with Gasteiger partial charge in [-0.05, 0) is 68.8 Å². The Morgan fingerprint density at radius 3 is 1.62 bits per heavy atom. The molecule has 0 saturated carbocycles. The van der Waals surface area contributed by atoms with Gasteiger partial charge in [0.1, 0.15) is 9.73 Å². The third-order valence-corrected chi connectivity index (χ3v) is 12.1. The molecule has 1 heterocycles. The first-order valence-electron chi connectivity index (χ1n) is 16.3. The van der Waals surface area contributed by atoms with Crippen LogP contribution in [0.5, 0.6) is 0 Å². The fourth-order valence-corrected chi connectivity index (χ4v) is 10.1. The van der Waals surface area contributed by atoms with E-state index in [1.807, 2.05) is 66.7 Å². The second-order valence-corrected chi connectivity index (χ2v) is 14.4. The van der Waals surface area contributed by atoms with Gasteiger partial charge in [-0.25, -0.2) is 4.21 Å². The van der Waals surface area contributed by atoms with E-state index in [-0.39, 0.29) is 0 Å². The molecule has 0 N–H and O–H groups in total. The second-order valence-electron chi connectivity index (χ2n) is 12.3. The second kappa shape index (κ2) is 11.2. The topological polar surface area (TPSA) is 29.4 Å². The first-order valence-corrected chi connectivity index (χ1v) is 17.8. The van der Waals surface area contributed by atoms with E-state index in [1.165, 1.54) is 33.4 Å². The molecule has 1 aliphatic heterocycles. The summed E-state index contributed by atoms with van der Waals surface area (Å²) in [5.41, 5.74) is 11.2. The van der Waals surface area contributed by atoms with Gasteiger partial charge >= 0.3 is 0 Å². The smallest absolute Gasteiger partial charge is 0.110 e. The first kappa shape index (κ1) is 28.5. The normalized spacial score (nSPS) is 17.2. The lowest BCUT2D eigenvalue weighted by molar-refractivity contribution is 0.683. The monoisotopic (exact) mass is 633 g/mol. The third kappa shape index (κ3) is 4.14. The van der Waals surface area contributed by atoms with Crippen LogP contribution in [0.1, 0.15) is 38.9 Å². The summed E-state index contributed by atoms with van der Waals surface area (Å²) in [4.78, 5) is 1.44. The van der Waals surface area contributed by atoms with Crippen LogP contribution in [0.2, 0.25) is 0 Å². The molecule has 0 amide bonds. The highest BCUT2D eigenvalue weighted by Gasteiger charge is 2.46. The van der Waals surface area contributed by atoms with Crippen molar-refractivity contribution in [3.63, 3.8) is 0 Å². The van der Waals surface area contributed by atoms with E-state index in [4.69, 9.17) is 4.36 Å². The van der Waals surface area contributed by atoms with E-state index in [0.717, 1.165) is 32.9 Å². The molecule has 0 aromatic heterocycles. The maximum atomic E-state index is 15.9. The molecule has 0 fully saturated rings. The van der Waals surface area contributed by atoms with Gasteiger partial charge in [0.2, 0.25) is 0 Å². The predicted octanol–water partition coefficient (Wildman–Crippen LogP) is 11.1. The molecule has 1 unspecified atom stereocenters. The summed E-state index contributed by atoms with van der Waals surface area (Å²) < 4.78 is 21.0. The van der Waals surface area contributed by atoms with E-state index in [0.29, 0.717) is 4.90 Å². The van der Waals surface area contributed by atoms with Crippen LogP contribution in [0.25, 0.3) is 21.6 Å². The molecule has 1 aliphatic carbocycles. The molecular weight excluding hydrogens is 603 g/mol. The van der Waals surface area contributed by atoms with Crippen LogP contribution < -0.4 is 0 Å². The van der Waals surface area contributed by atoms with Gasteiger partial charge in [-0.1, -0.05) is 164 Å². The van der Waals surface area contributed by atoms with Crippen LogP contribution in [0.3, 0.4) is 0 Å². The quantitative estimate of drug-likeness (QED) is 0.185. The molecule has 2 nitrogen and oxygen atoms in total. The van der Waals surface area contributed by atoms with Gasteiger partial charge in [-0.2, -0.15) is 4.36 Å². The number of hydrogen-bond donors (Lipinski definition) is 0. The van der Waals surface area contributed by atoms with Crippen LogP contribution in [0, 0.1) is 0 Å². The highest BCUT2D eigenvalue weighted by molar-refractivity contribution is 8.03. The Kier molecular flexibility index (Phi) is 6.63. The third-order valence-electron chi connectivity index (χ3n) is 9.75. The van der Waals surface area contributed by atoms with Crippen molar-refractivity contribution >= 4 is 25.9 Å². The Labute approximate surface area is 281 Å². The number of benzene rings is 7. The summed E-state index contributed by atoms with van der Waals surface area (Å²) in [7, 11) is -3.12. The van der Waals surface area contributed by atoms with Crippen LogP contribution in [-0.2, 0) is 15.1 Å². The van der Waals surface area contributed by atoms with Gasteiger partial charge in [0.25, 0.3) is 0 Å². The number of nitrogens with zero attached hydrogens (tertiary/aromatic N) is 1. The number of fused-ring (bicyclic) bond motifs is 4. The van der Waals surface area contributed by atoms with Gasteiger partial charge < -0.3 is 0 Å². The maximum absolute atomic E-state index is 15.9. The molecule has 48 heavy (non-hydrogen) atoms.